The summed E-state index contributed by atoms with van der Waals surface area (Å²) in [5, 5.41) is 3.23. The Morgan fingerprint density at radius 2 is 1.95 bits per heavy atom. The fraction of sp³-hybridized carbons (Fsp3) is 0.250. The highest BCUT2D eigenvalue weighted by Crippen LogP contribution is 2.28. The van der Waals surface area contributed by atoms with E-state index in [2.05, 4.69) is 62.3 Å². The monoisotopic (exact) mass is 397 g/mol. The van der Waals surface area contributed by atoms with Crippen LogP contribution in [-0.4, -0.2) is 7.05 Å². The van der Waals surface area contributed by atoms with Gasteiger partial charge in [0, 0.05) is 15.0 Å². The van der Waals surface area contributed by atoms with Crippen molar-refractivity contribution in [1.82, 2.24) is 5.32 Å². The summed E-state index contributed by atoms with van der Waals surface area (Å²) in [6.45, 7) is 2.69. The van der Waals surface area contributed by atoms with Crippen molar-refractivity contribution in [2.75, 3.05) is 7.05 Å². The molecule has 106 valence electrons. The minimum absolute atomic E-state index is 0.309. The van der Waals surface area contributed by atoms with Gasteiger partial charge in [-0.1, -0.05) is 50.1 Å². The molecule has 0 heterocycles. The maximum Gasteiger partial charge on any atom is 0.120 e. The Bertz CT molecular complexity index is 586. The van der Waals surface area contributed by atoms with E-state index in [0.717, 1.165) is 20.3 Å². The highest BCUT2D eigenvalue weighted by atomic mass is 79.9. The quantitative estimate of drug-likeness (QED) is 0.758. The lowest BCUT2D eigenvalue weighted by Crippen LogP contribution is -2.12. The van der Waals surface area contributed by atoms with Gasteiger partial charge in [0.1, 0.15) is 12.4 Å². The van der Waals surface area contributed by atoms with E-state index in [0.29, 0.717) is 12.6 Å². The molecular formula is C16H17Br2NO. The first-order valence-corrected chi connectivity index (χ1v) is 8.02. The van der Waals surface area contributed by atoms with E-state index in [1.54, 1.807) is 0 Å². The van der Waals surface area contributed by atoms with Gasteiger partial charge in [-0.2, -0.15) is 0 Å². The Labute approximate surface area is 136 Å². The van der Waals surface area contributed by atoms with Crippen LogP contribution in [-0.2, 0) is 6.61 Å². The lowest BCUT2D eigenvalue weighted by atomic mass is 10.1. The van der Waals surface area contributed by atoms with Gasteiger partial charge in [0.05, 0.1) is 0 Å². The van der Waals surface area contributed by atoms with Gasteiger partial charge < -0.3 is 10.1 Å². The molecule has 2 aromatic carbocycles. The summed E-state index contributed by atoms with van der Waals surface area (Å²) < 4.78 is 7.95. The van der Waals surface area contributed by atoms with Crippen LogP contribution in [0.15, 0.2) is 51.4 Å². The lowest BCUT2D eigenvalue weighted by Gasteiger charge is -2.14. The van der Waals surface area contributed by atoms with Gasteiger partial charge in [-0.25, -0.2) is 0 Å². The zero-order chi connectivity index (χ0) is 14.5. The summed E-state index contributed by atoms with van der Waals surface area (Å²) >= 11 is 7.06. The summed E-state index contributed by atoms with van der Waals surface area (Å²) in [5.41, 5.74) is 2.37. The van der Waals surface area contributed by atoms with Crippen LogP contribution in [0, 0.1) is 0 Å². The number of rotatable bonds is 5. The molecule has 1 atom stereocenters. The smallest absolute Gasteiger partial charge is 0.120 e. The zero-order valence-electron chi connectivity index (χ0n) is 11.5. The molecule has 0 radical (unpaired) electrons. The summed E-state index contributed by atoms with van der Waals surface area (Å²) in [6.07, 6.45) is 0. The fourth-order valence-corrected chi connectivity index (χ4v) is 3.05. The Hall–Kier alpha value is -0.840. The molecule has 0 amide bonds. The van der Waals surface area contributed by atoms with Crippen LogP contribution in [0.5, 0.6) is 5.75 Å². The number of halogens is 2. The third-order valence-corrected chi connectivity index (χ3v) is 4.35. The first-order valence-electron chi connectivity index (χ1n) is 6.44. The van der Waals surface area contributed by atoms with E-state index in [9.17, 15) is 0 Å². The Morgan fingerprint density at radius 3 is 2.60 bits per heavy atom. The van der Waals surface area contributed by atoms with Crippen LogP contribution >= 0.6 is 31.9 Å². The van der Waals surface area contributed by atoms with Crippen molar-refractivity contribution in [2.24, 2.45) is 0 Å². The molecule has 0 bridgehead atoms. The maximum atomic E-state index is 5.83. The van der Waals surface area contributed by atoms with Crippen molar-refractivity contribution < 1.29 is 4.74 Å². The molecule has 0 saturated heterocycles. The SMILES string of the molecule is CNC(C)c1ccc(OCc2cccc(Br)c2)cc1Br. The molecular weight excluding hydrogens is 382 g/mol. The second kappa shape index (κ2) is 7.25. The molecule has 2 nitrogen and oxygen atoms in total. The van der Waals surface area contributed by atoms with Gasteiger partial charge in [0.25, 0.3) is 0 Å². The van der Waals surface area contributed by atoms with Crippen molar-refractivity contribution in [2.45, 2.75) is 19.6 Å². The van der Waals surface area contributed by atoms with Crippen LogP contribution < -0.4 is 10.1 Å². The average Bonchev–Trinajstić information content (AvgIpc) is 2.44. The molecule has 1 N–H and O–H groups in total. The number of hydrogen-bond donors (Lipinski definition) is 1. The molecule has 2 rings (SSSR count). The van der Waals surface area contributed by atoms with Crippen molar-refractivity contribution >= 4 is 31.9 Å². The predicted molar refractivity (Wildman–Crippen MR) is 90.1 cm³/mol. The first kappa shape index (κ1) is 15.5. The number of nitrogens with one attached hydrogen (secondary N) is 1. The summed E-state index contributed by atoms with van der Waals surface area (Å²) in [7, 11) is 1.95. The minimum atomic E-state index is 0.309. The zero-order valence-corrected chi connectivity index (χ0v) is 14.7. The van der Waals surface area contributed by atoms with E-state index in [1.165, 1.54) is 5.56 Å². The Kier molecular flexibility index (Phi) is 5.64. The highest BCUT2D eigenvalue weighted by Gasteiger charge is 2.08. The predicted octanol–water partition coefficient (Wildman–Crippen LogP) is 5.07. The summed E-state index contributed by atoms with van der Waals surface area (Å²) in [5.74, 6) is 0.865. The molecule has 0 fully saturated rings. The van der Waals surface area contributed by atoms with E-state index in [4.69, 9.17) is 4.74 Å². The third kappa shape index (κ3) is 4.08. The topological polar surface area (TPSA) is 21.3 Å². The molecule has 0 aliphatic rings. The molecule has 0 aliphatic carbocycles. The van der Waals surface area contributed by atoms with Crippen LogP contribution in [0.1, 0.15) is 24.1 Å². The van der Waals surface area contributed by atoms with E-state index in [1.807, 2.05) is 31.3 Å². The Balaban J connectivity index is 2.05. The third-order valence-electron chi connectivity index (χ3n) is 3.17. The van der Waals surface area contributed by atoms with Gasteiger partial charge in [-0.15, -0.1) is 0 Å². The van der Waals surface area contributed by atoms with Crippen molar-refractivity contribution in [1.29, 1.82) is 0 Å². The minimum Gasteiger partial charge on any atom is -0.489 e. The normalized spacial score (nSPS) is 12.2. The van der Waals surface area contributed by atoms with Gasteiger partial charge >= 0.3 is 0 Å². The Morgan fingerprint density at radius 1 is 1.15 bits per heavy atom. The van der Waals surface area contributed by atoms with Crippen molar-refractivity contribution in [3.05, 3.63) is 62.5 Å². The van der Waals surface area contributed by atoms with Gasteiger partial charge in [0.2, 0.25) is 0 Å². The van der Waals surface area contributed by atoms with Gasteiger partial charge in [0.15, 0.2) is 0 Å². The number of benzene rings is 2. The number of ether oxygens (including phenoxy) is 1. The molecule has 0 spiro atoms. The molecule has 1 unspecified atom stereocenters. The van der Waals surface area contributed by atoms with E-state index < -0.39 is 0 Å². The van der Waals surface area contributed by atoms with Crippen molar-refractivity contribution in [3.63, 3.8) is 0 Å². The fourth-order valence-electron chi connectivity index (χ4n) is 1.90. The standard InChI is InChI=1S/C16H17Br2NO/c1-11(19-2)15-7-6-14(9-16(15)18)20-10-12-4-3-5-13(17)8-12/h3-9,11,19H,10H2,1-2H3. The van der Waals surface area contributed by atoms with Crippen LogP contribution in [0.25, 0.3) is 0 Å². The largest absolute Gasteiger partial charge is 0.489 e. The number of hydrogen-bond acceptors (Lipinski definition) is 2. The molecule has 4 heteroatoms. The van der Waals surface area contributed by atoms with Crippen molar-refractivity contribution in [3.8, 4) is 5.75 Å². The summed E-state index contributed by atoms with van der Waals surface area (Å²) in [6, 6.07) is 14.5. The first-order chi connectivity index (χ1) is 9.60. The molecule has 2 aromatic rings. The maximum absolute atomic E-state index is 5.83. The molecule has 0 saturated carbocycles. The highest BCUT2D eigenvalue weighted by molar-refractivity contribution is 9.10. The van der Waals surface area contributed by atoms with Gasteiger partial charge in [-0.3, -0.25) is 0 Å². The second-order valence-corrected chi connectivity index (χ2v) is 6.38. The molecule has 0 aromatic heterocycles. The van der Waals surface area contributed by atoms with Gasteiger partial charge in [-0.05, 0) is 49.4 Å². The van der Waals surface area contributed by atoms with Crippen LogP contribution in [0.3, 0.4) is 0 Å². The molecule has 20 heavy (non-hydrogen) atoms. The average molecular weight is 399 g/mol. The van der Waals surface area contributed by atoms with Crippen LogP contribution in [0.4, 0.5) is 0 Å². The van der Waals surface area contributed by atoms with E-state index in [-0.39, 0.29) is 0 Å². The summed E-state index contributed by atoms with van der Waals surface area (Å²) in [4.78, 5) is 0. The lowest BCUT2D eigenvalue weighted by molar-refractivity contribution is 0.306. The van der Waals surface area contributed by atoms with E-state index >= 15 is 0 Å². The van der Waals surface area contributed by atoms with Crippen LogP contribution in [0.2, 0.25) is 0 Å². The second-order valence-electron chi connectivity index (χ2n) is 4.61. The molecule has 0 aliphatic heterocycles.